The van der Waals surface area contributed by atoms with E-state index in [9.17, 15) is 0 Å². The first-order valence-electron chi connectivity index (χ1n) is 5.52. The lowest BCUT2D eigenvalue weighted by Gasteiger charge is -2.14. The molecule has 2 heterocycles. The Morgan fingerprint density at radius 3 is 1.72 bits per heavy atom. The maximum absolute atomic E-state index is 5.10. The highest BCUT2D eigenvalue weighted by molar-refractivity contribution is 4.94. The van der Waals surface area contributed by atoms with Gasteiger partial charge in [0.15, 0.2) is 12.6 Å². The van der Waals surface area contributed by atoms with Crippen molar-refractivity contribution in [1.29, 1.82) is 0 Å². The smallest absolute Gasteiger partial charge is 0.228 e. The van der Waals surface area contributed by atoms with Gasteiger partial charge in [-0.3, -0.25) is 0 Å². The van der Waals surface area contributed by atoms with Crippen LogP contribution in [-0.2, 0) is 28.4 Å². The van der Waals surface area contributed by atoms with E-state index < -0.39 is 0 Å². The molecule has 0 fully saturated rings. The van der Waals surface area contributed by atoms with Crippen LogP contribution < -0.4 is 0 Å². The van der Waals surface area contributed by atoms with Crippen molar-refractivity contribution in [2.45, 2.75) is 25.0 Å². The zero-order valence-corrected chi connectivity index (χ0v) is 11.1. The summed E-state index contributed by atoms with van der Waals surface area (Å²) < 4.78 is 29.7. The number of hydrogen-bond donors (Lipinski definition) is 0. The van der Waals surface area contributed by atoms with Crippen molar-refractivity contribution in [1.82, 2.24) is 0 Å². The molecule has 0 spiro atoms. The number of methoxy groups -OCH3 is 4. The van der Waals surface area contributed by atoms with Gasteiger partial charge in [-0.1, -0.05) is 0 Å². The van der Waals surface area contributed by atoms with E-state index >= 15 is 0 Å². The molecule has 2 rings (SSSR count). The van der Waals surface area contributed by atoms with Crippen LogP contribution in [-0.4, -0.2) is 53.4 Å². The topological polar surface area (TPSA) is 55.4 Å². The van der Waals surface area contributed by atoms with Gasteiger partial charge in [0, 0.05) is 28.4 Å². The third-order valence-electron chi connectivity index (χ3n) is 2.41. The van der Waals surface area contributed by atoms with E-state index in [4.69, 9.17) is 28.4 Å². The summed E-state index contributed by atoms with van der Waals surface area (Å²) in [6.45, 7) is 0. The van der Waals surface area contributed by atoms with Crippen molar-refractivity contribution < 1.29 is 28.4 Å². The van der Waals surface area contributed by atoms with E-state index in [-0.39, 0.29) is 25.0 Å². The average Bonchev–Trinajstić information content (AvgIpc) is 3.07. The molecular weight excluding hydrogens is 240 g/mol. The van der Waals surface area contributed by atoms with Gasteiger partial charge in [-0.2, -0.15) is 0 Å². The van der Waals surface area contributed by atoms with Crippen LogP contribution in [0.1, 0.15) is 0 Å². The predicted molar refractivity (Wildman–Crippen MR) is 63.6 cm³/mol. The third-order valence-corrected chi connectivity index (χ3v) is 2.41. The Morgan fingerprint density at radius 2 is 1.39 bits per heavy atom. The molecule has 0 saturated heterocycles. The summed E-state index contributed by atoms with van der Waals surface area (Å²) in [7, 11) is 6.39. The van der Waals surface area contributed by atoms with Crippen molar-refractivity contribution in [3.63, 3.8) is 0 Å². The fraction of sp³-hybridized carbons (Fsp3) is 0.667. The maximum Gasteiger partial charge on any atom is 0.228 e. The largest absolute Gasteiger partial charge is 0.470 e. The SMILES string of the molecule is COC1C=CC(OC)O1.COC1C=COC1OC. The molecule has 0 aromatic carbocycles. The molecule has 0 N–H and O–H groups in total. The molecule has 104 valence electrons. The van der Waals surface area contributed by atoms with Crippen molar-refractivity contribution in [3.8, 4) is 0 Å². The summed E-state index contributed by atoms with van der Waals surface area (Å²) in [6.07, 6.45) is 6.27. The Labute approximate surface area is 107 Å². The van der Waals surface area contributed by atoms with Crippen LogP contribution in [0.25, 0.3) is 0 Å². The zero-order chi connectivity index (χ0) is 13.4. The second-order valence-corrected chi connectivity index (χ2v) is 3.50. The Balaban J connectivity index is 0.000000180. The molecule has 4 atom stereocenters. The normalized spacial score (nSPS) is 33.1. The summed E-state index contributed by atoms with van der Waals surface area (Å²) >= 11 is 0. The minimum absolute atomic E-state index is 0.0463. The summed E-state index contributed by atoms with van der Waals surface area (Å²) in [4.78, 5) is 0. The highest BCUT2D eigenvalue weighted by Crippen LogP contribution is 2.12. The van der Waals surface area contributed by atoms with E-state index in [1.807, 2.05) is 18.2 Å². The first kappa shape index (κ1) is 15.1. The molecule has 6 heteroatoms. The molecule has 0 aromatic rings. The van der Waals surface area contributed by atoms with E-state index in [0.717, 1.165) is 0 Å². The number of rotatable bonds is 4. The molecule has 0 saturated carbocycles. The molecule has 0 aliphatic carbocycles. The van der Waals surface area contributed by atoms with E-state index in [1.165, 1.54) is 0 Å². The molecule has 0 radical (unpaired) electrons. The Hall–Kier alpha value is -0.920. The summed E-state index contributed by atoms with van der Waals surface area (Å²) in [5, 5.41) is 0. The lowest BCUT2D eigenvalue weighted by molar-refractivity contribution is -0.173. The maximum atomic E-state index is 5.10. The monoisotopic (exact) mass is 260 g/mol. The van der Waals surface area contributed by atoms with Gasteiger partial charge in [-0.25, -0.2) is 0 Å². The summed E-state index contributed by atoms with van der Waals surface area (Å²) in [5.74, 6) is 0. The van der Waals surface area contributed by atoms with Crippen molar-refractivity contribution >= 4 is 0 Å². The first-order chi connectivity index (χ1) is 8.74. The minimum atomic E-state index is -0.255. The standard InChI is InChI=1S/2C6H10O3/c1-7-5-3-4-9-6(5)8-2;1-7-5-3-4-6(8-2)9-5/h2*3-6H,1-2H3. The Morgan fingerprint density at radius 1 is 0.778 bits per heavy atom. The molecule has 0 amide bonds. The predicted octanol–water partition coefficient (Wildman–Crippen LogP) is 1.04. The van der Waals surface area contributed by atoms with Crippen LogP contribution in [0.2, 0.25) is 0 Å². The van der Waals surface area contributed by atoms with Crippen molar-refractivity contribution in [3.05, 3.63) is 24.5 Å². The van der Waals surface area contributed by atoms with Crippen LogP contribution in [0.15, 0.2) is 24.5 Å². The van der Waals surface area contributed by atoms with Gasteiger partial charge in [0.2, 0.25) is 6.29 Å². The van der Waals surface area contributed by atoms with Gasteiger partial charge >= 0.3 is 0 Å². The molecule has 6 nitrogen and oxygen atoms in total. The zero-order valence-electron chi connectivity index (χ0n) is 11.1. The Bertz CT molecular complexity index is 266. The second kappa shape index (κ2) is 8.23. The van der Waals surface area contributed by atoms with Crippen LogP contribution in [0.3, 0.4) is 0 Å². The van der Waals surface area contributed by atoms with Gasteiger partial charge in [0.1, 0.15) is 6.10 Å². The lowest BCUT2D eigenvalue weighted by Crippen LogP contribution is -2.24. The van der Waals surface area contributed by atoms with Gasteiger partial charge in [0.05, 0.1) is 6.26 Å². The summed E-state index contributed by atoms with van der Waals surface area (Å²) in [6, 6.07) is 0. The summed E-state index contributed by atoms with van der Waals surface area (Å²) in [5.41, 5.74) is 0. The molecule has 18 heavy (non-hydrogen) atoms. The molecule has 2 aliphatic heterocycles. The van der Waals surface area contributed by atoms with Crippen molar-refractivity contribution in [2.24, 2.45) is 0 Å². The van der Waals surface area contributed by atoms with Gasteiger partial charge in [-0.15, -0.1) is 0 Å². The molecule has 2 aliphatic rings. The number of hydrogen-bond acceptors (Lipinski definition) is 6. The van der Waals surface area contributed by atoms with Crippen LogP contribution >= 0.6 is 0 Å². The van der Waals surface area contributed by atoms with Gasteiger partial charge < -0.3 is 28.4 Å². The second-order valence-electron chi connectivity index (χ2n) is 3.50. The van der Waals surface area contributed by atoms with Gasteiger partial charge in [-0.05, 0) is 18.2 Å². The molecule has 0 aromatic heterocycles. The molecule has 4 unspecified atom stereocenters. The quantitative estimate of drug-likeness (QED) is 0.704. The van der Waals surface area contributed by atoms with E-state index in [2.05, 4.69) is 0 Å². The first-order valence-corrected chi connectivity index (χ1v) is 5.52. The van der Waals surface area contributed by atoms with Crippen LogP contribution in [0.5, 0.6) is 0 Å². The highest BCUT2D eigenvalue weighted by atomic mass is 16.8. The van der Waals surface area contributed by atoms with E-state index in [0.29, 0.717) is 0 Å². The number of ether oxygens (including phenoxy) is 6. The third kappa shape index (κ3) is 4.40. The fourth-order valence-electron chi connectivity index (χ4n) is 1.42. The van der Waals surface area contributed by atoms with Gasteiger partial charge in [0.25, 0.3) is 0 Å². The minimum Gasteiger partial charge on any atom is -0.470 e. The lowest BCUT2D eigenvalue weighted by atomic mass is 10.4. The van der Waals surface area contributed by atoms with Crippen LogP contribution in [0, 0.1) is 0 Å². The van der Waals surface area contributed by atoms with E-state index in [1.54, 1.807) is 34.7 Å². The molecule has 0 bridgehead atoms. The van der Waals surface area contributed by atoms with Crippen LogP contribution in [0.4, 0.5) is 0 Å². The molecular formula is C12H20O6. The Kier molecular flexibility index (Phi) is 6.92. The average molecular weight is 260 g/mol. The van der Waals surface area contributed by atoms with Crippen molar-refractivity contribution in [2.75, 3.05) is 28.4 Å². The fourth-order valence-corrected chi connectivity index (χ4v) is 1.42. The highest BCUT2D eigenvalue weighted by Gasteiger charge is 2.23.